The molecule has 0 bridgehead atoms. The Morgan fingerprint density at radius 2 is 2.20 bits per heavy atom. The molecule has 0 saturated carbocycles. The average Bonchev–Trinajstić information content (AvgIpc) is 2.81. The molecule has 0 radical (unpaired) electrons. The number of hydrogen-bond acceptors (Lipinski definition) is 3. The number of aromatic nitrogens is 3. The molecule has 1 atom stereocenters. The topological polar surface area (TPSA) is 42.7 Å². The highest BCUT2D eigenvalue weighted by Gasteiger charge is 2.20. The van der Waals surface area contributed by atoms with Crippen LogP contribution in [0.15, 0.2) is 35.1 Å². The normalized spacial score (nSPS) is 12.6. The largest absolute Gasteiger partial charge is 0.309 e. The van der Waals surface area contributed by atoms with E-state index in [-0.39, 0.29) is 6.04 Å². The number of likely N-dealkylation sites (N-methyl/N-ethyl adjacent to an activating group) is 1. The summed E-state index contributed by atoms with van der Waals surface area (Å²) >= 11 is 3.63. The molecule has 20 heavy (non-hydrogen) atoms. The zero-order valence-corrected chi connectivity index (χ0v) is 13.6. The number of nitrogens with zero attached hydrogens (tertiary/aromatic N) is 3. The lowest BCUT2D eigenvalue weighted by molar-refractivity contribution is 0.473. The highest BCUT2D eigenvalue weighted by atomic mass is 79.9. The Hall–Kier alpha value is -1.20. The minimum absolute atomic E-state index is 0.221. The van der Waals surface area contributed by atoms with Crippen LogP contribution in [-0.2, 0) is 13.0 Å². The van der Waals surface area contributed by atoms with Gasteiger partial charge in [0.05, 0.1) is 22.4 Å². The third-order valence-electron chi connectivity index (χ3n) is 3.19. The number of pyridine rings is 1. The number of aryl methyl sites for hydroxylation is 1. The van der Waals surface area contributed by atoms with Crippen molar-refractivity contribution in [2.24, 2.45) is 0 Å². The van der Waals surface area contributed by atoms with Crippen LogP contribution in [0.25, 0.3) is 0 Å². The predicted molar refractivity (Wildman–Crippen MR) is 84.6 cm³/mol. The van der Waals surface area contributed by atoms with Crippen molar-refractivity contribution in [3.63, 3.8) is 0 Å². The second-order valence-corrected chi connectivity index (χ2v) is 5.59. The van der Waals surface area contributed by atoms with E-state index in [2.05, 4.69) is 55.9 Å². The zero-order valence-electron chi connectivity index (χ0n) is 12.0. The van der Waals surface area contributed by atoms with Gasteiger partial charge in [-0.25, -0.2) is 0 Å². The van der Waals surface area contributed by atoms with E-state index in [0.29, 0.717) is 0 Å². The van der Waals surface area contributed by atoms with E-state index < -0.39 is 0 Å². The van der Waals surface area contributed by atoms with Crippen LogP contribution in [-0.4, -0.2) is 21.3 Å². The zero-order chi connectivity index (χ0) is 14.4. The van der Waals surface area contributed by atoms with Crippen LogP contribution in [0.5, 0.6) is 0 Å². The van der Waals surface area contributed by atoms with Crippen LogP contribution in [0.2, 0.25) is 0 Å². The van der Waals surface area contributed by atoms with Gasteiger partial charge < -0.3 is 5.32 Å². The van der Waals surface area contributed by atoms with Crippen LogP contribution in [0.4, 0.5) is 0 Å². The minimum atomic E-state index is 0.221. The number of rotatable bonds is 7. The number of hydrogen-bond donors (Lipinski definition) is 1. The van der Waals surface area contributed by atoms with Crippen LogP contribution >= 0.6 is 15.9 Å². The van der Waals surface area contributed by atoms with Gasteiger partial charge in [-0.15, -0.1) is 0 Å². The second-order valence-electron chi connectivity index (χ2n) is 4.74. The van der Waals surface area contributed by atoms with Gasteiger partial charge in [0.25, 0.3) is 0 Å². The molecule has 1 unspecified atom stereocenters. The number of halogens is 1. The Balaban J connectivity index is 2.26. The molecular formula is C15H21BrN4. The van der Waals surface area contributed by atoms with Gasteiger partial charge in [-0.1, -0.05) is 19.9 Å². The van der Waals surface area contributed by atoms with E-state index in [9.17, 15) is 0 Å². The molecule has 2 aromatic heterocycles. The van der Waals surface area contributed by atoms with Gasteiger partial charge in [0.1, 0.15) is 0 Å². The molecule has 0 aliphatic carbocycles. The Morgan fingerprint density at radius 3 is 2.85 bits per heavy atom. The Bertz CT molecular complexity index is 524. The van der Waals surface area contributed by atoms with E-state index in [0.717, 1.165) is 36.1 Å². The summed E-state index contributed by atoms with van der Waals surface area (Å²) < 4.78 is 3.15. The molecule has 0 spiro atoms. The molecule has 0 saturated heterocycles. The molecule has 108 valence electrons. The van der Waals surface area contributed by atoms with Gasteiger partial charge in [-0.05, 0) is 41.0 Å². The van der Waals surface area contributed by atoms with Crippen LogP contribution in [0.1, 0.15) is 37.7 Å². The molecule has 0 fully saturated rings. The lowest BCUT2D eigenvalue weighted by Gasteiger charge is -2.20. The first-order valence-electron chi connectivity index (χ1n) is 7.10. The summed E-state index contributed by atoms with van der Waals surface area (Å²) in [5.74, 6) is 0. The van der Waals surface area contributed by atoms with Gasteiger partial charge in [-0.3, -0.25) is 9.67 Å². The van der Waals surface area contributed by atoms with Crippen molar-refractivity contribution in [3.8, 4) is 0 Å². The molecule has 0 aromatic carbocycles. The second kappa shape index (κ2) is 7.55. The smallest absolute Gasteiger partial charge is 0.0699 e. The molecule has 2 rings (SSSR count). The summed E-state index contributed by atoms with van der Waals surface area (Å²) in [6.45, 7) is 6.15. The quantitative estimate of drug-likeness (QED) is 0.843. The molecule has 4 nitrogen and oxygen atoms in total. The first kappa shape index (κ1) is 15.2. The SMILES string of the molecule is CCCn1ncc(Br)c1C(Cc1ccccn1)NCC. The maximum atomic E-state index is 4.46. The summed E-state index contributed by atoms with van der Waals surface area (Å²) in [5.41, 5.74) is 2.30. The lowest BCUT2D eigenvalue weighted by Crippen LogP contribution is -2.26. The van der Waals surface area contributed by atoms with Crippen molar-refractivity contribution in [2.45, 2.75) is 39.3 Å². The first-order valence-corrected chi connectivity index (χ1v) is 7.90. The van der Waals surface area contributed by atoms with Crippen molar-refractivity contribution in [1.82, 2.24) is 20.1 Å². The third-order valence-corrected chi connectivity index (χ3v) is 3.80. The molecule has 2 aromatic rings. The molecule has 0 aliphatic rings. The average molecular weight is 337 g/mol. The Morgan fingerprint density at radius 1 is 1.35 bits per heavy atom. The highest BCUT2D eigenvalue weighted by molar-refractivity contribution is 9.10. The first-order chi connectivity index (χ1) is 9.76. The van der Waals surface area contributed by atoms with Gasteiger partial charge in [0.2, 0.25) is 0 Å². The van der Waals surface area contributed by atoms with Gasteiger partial charge >= 0.3 is 0 Å². The van der Waals surface area contributed by atoms with Crippen molar-refractivity contribution >= 4 is 15.9 Å². The van der Waals surface area contributed by atoms with Crippen molar-refractivity contribution < 1.29 is 0 Å². The van der Waals surface area contributed by atoms with E-state index in [1.54, 1.807) is 0 Å². The molecular weight excluding hydrogens is 316 g/mol. The van der Waals surface area contributed by atoms with Crippen molar-refractivity contribution in [3.05, 3.63) is 46.5 Å². The highest BCUT2D eigenvalue weighted by Crippen LogP contribution is 2.26. The summed E-state index contributed by atoms with van der Waals surface area (Å²) in [5, 5.41) is 8.00. The van der Waals surface area contributed by atoms with Gasteiger partial charge in [-0.2, -0.15) is 5.10 Å². The number of nitrogens with one attached hydrogen (secondary N) is 1. The Labute approximate surface area is 128 Å². The van der Waals surface area contributed by atoms with E-state index in [1.807, 2.05) is 24.5 Å². The maximum absolute atomic E-state index is 4.46. The van der Waals surface area contributed by atoms with Crippen molar-refractivity contribution in [1.29, 1.82) is 0 Å². The summed E-state index contributed by atoms with van der Waals surface area (Å²) in [6, 6.07) is 6.27. The van der Waals surface area contributed by atoms with Gasteiger partial charge in [0.15, 0.2) is 0 Å². The third kappa shape index (κ3) is 3.67. The summed E-state index contributed by atoms with van der Waals surface area (Å²) in [6.07, 6.45) is 5.66. The van der Waals surface area contributed by atoms with Gasteiger partial charge in [0, 0.05) is 24.9 Å². The lowest BCUT2D eigenvalue weighted by atomic mass is 10.1. The van der Waals surface area contributed by atoms with Crippen molar-refractivity contribution in [2.75, 3.05) is 6.54 Å². The van der Waals surface area contributed by atoms with E-state index in [1.165, 1.54) is 5.69 Å². The van der Waals surface area contributed by atoms with Crippen LogP contribution in [0.3, 0.4) is 0 Å². The van der Waals surface area contributed by atoms with Crippen LogP contribution in [0, 0.1) is 0 Å². The molecule has 1 N–H and O–H groups in total. The maximum Gasteiger partial charge on any atom is 0.0699 e. The Kier molecular flexibility index (Phi) is 5.73. The fourth-order valence-electron chi connectivity index (χ4n) is 2.35. The molecule has 0 aliphatic heterocycles. The molecule has 5 heteroatoms. The summed E-state index contributed by atoms with van der Waals surface area (Å²) in [4.78, 5) is 4.43. The minimum Gasteiger partial charge on any atom is -0.309 e. The fourth-order valence-corrected chi connectivity index (χ4v) is 2.92. The van der Waals surface area contributed by atoms with E-state index >= 15 is 0 Å². The summed E-state index contributed by atoms with van der Waals surface area (Å²) in [7, 11) is 0. The fraction of sp³-hybridized carbons (Fsp3) is 0.467. The monoisotopic (exact) mass is 336 g/mol. The molecule has 2 heterocycles. The molecule has 0 amide bonds. The van der Waals surface area contributed by atoms with E-state index in [4.69, 9.17) is 0 Å². The standard InChI is InChI=1S/C15H21BrN4/c1-3-9-20-15(13(16)11-19-20)14(17-4-2)10-12-7-5-6-8-18-12/h5-8,11,14,17H,3-4,9-10H2,1-2H3. The predicted octanol–water partition coefficient (Wildman–Crippen LogP) is 3.34. The van der Waals surface area contributed by atoms with Crippen LogP contribution < -0.4 is 5.32 Å².